The highest BCUT2D eigenvalue weighted by atomic mass is 16.4. The number of carboxylic acids is 2. The van der Waals surface area contributed by atoms with Gasteiger partial charge in [0.1, 0.15) is 0 Å². The number of carbonyl (C=O) groups excluding carboxylic acids is 1. The molecule has 1 aromatic carbocycles. The number of carbonyl (C=O) groups is 3. The second-order valence-electron chi connectivity index (χ2n) is 4.65. The van der Waals surface area contributed by atoms with Gasteiger partial charge in [0.25, 0.3) is 0 Å². The number of anilines is 1. The van der Waals surface area contributed by atoms with E-state index in [9.17, 15) is 14.4 Å². The minimum Gasteiger partial charge on any atom is -0.478 e. The Bertz CT molecular complexity index is 524. The average molecular weight is 294 g/mol. The Kier molecular flexibility index (Phi) is 5.86. The summed E-state index contributed by atoms with van der Waals surface area (Å²) in [6, 6.07) is 3.65. The number of rotatable bonds is 7. The normalized spacial score (nSPS) is 11.7. The van der Waals surface area contributed by atoms with Crippen LogP contribution in [0.2, 0.25) is 0 Å². The van der Waals surface area contributed by atoms with Crippen LogP contribution in [-0.2, 0) is 4.79 Å². The maximum Gasteiger partial charge on any atom is 0.335 e. The zero-order valence-electron chi connectivity index (χ0n) is 11.8. The molecule has 0 saturated carbocycles. The van der Waals surface area contributed by atoms with Gasteiger partial charge in [0.15, 0.2) is 0 Å². The van der Waals surface area contributed by atoms with Crippen molar-refractivity contribution in [3.63, 3.8) is 0 Å². The first kappa shape index (κ1) is 16.6. The summed E-state index contributed by atoms with van der Waals surface area (Å²) in [5.41, 5.74) is -0.247. The van der Waals surface area contributed by atoms with E-state index in [1.807, 2.05) is 13.8 Å². The first-order valence-electron chi connectivity index (χ1n) is 6.48. The Balaban J connectivity index is 2.84. The molecule has 1 unspecified atom stereocenters. The summed E-state index contributed by atoms with van der Waals surface area (Å²) in [6.45, 7) is 3.97. The molecule has 0 aliphatic rings. The standard InChI is InChI=1S/C14H18N2O5/c1-3-8(2)15-7-12(17)16-11-5-9(13(18)19)4-10(6-11)14(20)21/h4-6,8,15H,3,7H2,1-2H3,(H,16,17)(H,18,19)(H,20,21). The Labute approximate surface area is 122 Å². The highest BCUT2D eigenvalue weighted by molar-refractivity contribution is 5.98. The number of nitrogens with one attached hydrogen (secondary N) is 2. The maximum atomic E-state index is 11.7. The van der Waals surface area contributed by atoms with Crippen LogP contribution in [0.3, 0.4) is 0 Å². The van der Waals surface area contributed by atoms with Crippen LogP contribution in [-0.4, -0.2) is 40.6 Å². The van der Waals surface area contributed by atoms with E-state index >= 15 is 0 Å². The monoisotopic (exact) mass is 294 g/mol. The summed E-state index contributed by atoms with van der Waals surface area (Å²) in [5, 5.41) is 23.3. The fourth-order valence-electron chi connectivity index (χ4n) is 1.56. The molecule has 1 aromatic rings. The van der Waals surface area contributed by atoms with Gasteiger partial charge in [-0.15, -0.1) is 0 Å². The quantitative estimate of drug-likeness (QED) is 0.604. The molecule has 0 aliphatic heterocycles. The van der Waals surface area contributed by atoms with E-state index in [1.54, 1.807) is 0 Å². The molecule has 0 aromatic heterocycles. The largest absolute Gasteiger partial charge is 0.478 e. The molecular weight excluding hydrogens is 276 g/mol. The van der Waals surface area contributed by atoms with Crippen LogP contribution in [0.25, 0.3) is 0 Å². The Morgan fingerprint density at radius 2 is 1.62 bits per heavy atom. The SMILES string of the molecule is CCC(C)NCC(=O)Nc1cc(C(=O)O)cc(C(=O)O)c1. The highest BCUT2D eigenvalue weighted by Crippen LogP contribution is 2.15. The lowest BCUT2D eigenvalue weighted by atomic mass is 10.1. The number of carboxylic acid groups (broad SMARTS) is 2. The molecule has 7 nitrogen and oxygen atoms in total. The van der Waals surface area contributed by atoms with Gasteiger partial charge in [-0.1, -0.05) is 6.92 Å². The number of amides is 1. The van der Waals surface area contributed by atoms with Crippen molar-refractivity contribution < 1.29 is 24.6 Å². The van der Waals surface area contributed by atoms with Crippen molar-refractivity contribution >= 4 is 23.5 Å². The molecule has 0 radical (unpaired) electrons. The van der Waals surface area contributed by atoms with Gasteiger partial charge in [-0.2, -0.15) is 0 Å². The molecule has 1 rings (SSSR count). The Morgan fingerprint density at radius 1 is 1.10 bits per heavy atom. The molecule has 114 valence electrons. The fraction of sp³-hybridized carbons (Fsp3) is 0.357. The van der Waals surface area contributed by atoms with Gasteiger partial charge in [0.05, 0.1) is 17.7 Å². The lowest BCUT2D eigenvalue weighted by molar-refractivity contribution is -0.115. The Morgan fingerprint density at radius 3 is 2.05 bits per heavy atom. The van der Waals surface area contributed by atoms with E-state index in [0.29, 0.717) is 0 Å². The van der Waals surface area contributed by atoms with Crippen LogP contribution in [0.15, 0.2) is 18.2 Å². The van der Waals surface area contributed by atoms with Crippen molar-refractivity contribution in [2.24, 2.45) is 0 Å². The molecule has 1 amide bonds. The minimum absolute atomic E-state index is 0.0642. The van der Waals surface area contributed by atoms with Crippen molar-refractivity contribution in [1.82, 2.24) is 5.32 Å². The van der Waals surface area contributed by atoms with Gasteiger partial charge in [0, 0.05) is 11.7 Å². The van der Waals surface area contributed by atoms with E-state index in [-0.39, 0.29) is 35.3 Å². The number of hydrogen-bond donors (Lipinski definition) is 4. The zero-order valence-corrected chi connectivity index (χ0v) is 11.8. The third-order valence-corrected chi connectivity index (χ3v) is 2.93. The third-order valence-electron chi connectivity index (χ3n) is 2.93. The Hall–Kier alpha value is -2.41. The maximum absolute atomic E-state index is 11.7. The second kappa shape index (κ2) is 7.39. The van der Waals surface area contributed by atoms with Gasteiger partial charge >= 0.3 is 11.9 Å². The molecule has 0 saturated heterocycles. The van der Waals surface area contributed by atoms with Crippen molar-refractivity contribution in [2.75, 3.05) is 11.9 Å². The van der Waals surface area contributed by atoms with E-state index in [1.165, 1.54) is 12.1 Å². The van der Waals surface area contributed by atoms with Crippen LogP contribution < -0.4 is 10.6 Å². The van der Waals surface area contributed by atoms with Gasteiger partial charge in [-0.05, 0) is 31.5 Å². The van der Waals surface area contributed by atoms with Crippen molar-refractivity contribution in [1.29, 1.82) is 0 Å². The lowest BCUT2D eigenvalue weighted by Crippen LogP contribution is -2.34. The number of hydrogen-bond acceptors (Lipinski definition) is 4. The van der Waals surface area contributed by atoms with Gasteiger partial charge < -0.3 is 20.8 Å². The molecular formula is C14H18N2O5. The van der Waals surface area contributed by atoms with Crippen LogP contribution >= 0.6 is 0 Å². The van der Waals surface area contributed by atoms with Crippen molar-refractivity contribution in [3.05, 3.63) is 29.3 Å². The predicted molar refractivity (Wildman–Crippen MR) is 76.7 cm³/mol. The summed E-state index contributed by atoms with van der Waals surface area (Å²) in [4.78, 5) is 33.6. The molecule has 21 heavy (non-hydrogen) atoms. The number of benzene rings is 1. The smallest absolute Gasteiger partial charge is 0.335 e. The van der Waals surface area contributed by atoms with Crippen molar-refractivity contribution in [2.45, 2.75) is 26.3 Å². The summed E-state index contributed by atoms with van der Waals surface area (Å²) < 4.78 is 0. The van der Waals surface area contributed by atoms with E-state index < -0.39 is 11.9 Å². The zero-order chi connectivity index (χ0) is 16.0. The van der Waals surface area contributed by atoms with Gasteiger partial charge in [-0.3, -0.25) is 4.79 Å². The second-order valence-corrected chi connectivity index (χ2v) is 4.65. The van der Waals surface area contributed by atoms with Gasteiger partial charge in [-0.25, -0.2) is 9.59 Å². The predicted octanol–water partition coefficient (Wildman–Crippen LogP) is 1.41. The summed E-state index contributed by atoms with van der Waals surface area (Å²) in [7, 11) is 0. The average Bonchev–Trinajstić information content (AvgIpc) is 2.44. The number of aromatic carboxylic acids is 2. The summed E-state index contributed by atoms with van der Waals surface area (Å²) >= 11 is 0. The lowest BCUT2D eigenvalue weighted by Gasteiger charge is -2.12. The molecule has 0 heterocycles. The van der Waals surface area contributed by atoms with E-state index in [0.717, 1.165) is 12.5 Å². The molecule has 0 fully saturated rings. The highest BCUT2D eigenvalue weighted by Gasteiger charge is 2.13. The fourth-order valence-corrected chi connectivity index (χ4v) is 1.56. The van der Waals surface area contributed by atoms with Crippen LogP contribution in [0.4, 0.5) is 5.69 Å². The molecule has 4 N–H and O–H groups in total. The molecule has 0 aliphatic carbocycles. The van der Waals surface area contributed by atoms with Gasteiger partial charge in [0.2, 0.25) is 5.91 Å². The minimum atomic E-state index is -1.26. The summed E-state index contributed by atoms with van der Waals surface area (Å²) in [5.74, 6) is -2.88. The van der Waals surface area contributed by atoms with Crippen molar-refractivity contribution in [3.8, 4) is 0 Å². The molecule has 1 atom stereocenters. The van der Waals surface area contributed by atoms with E-state index in [2.05, 4.69) is 10.6 Å². The van der Waals surface area contributed by atoms with Crippen LogP contribution in [0.1, 0.15) is 41.0 Å². The first-order valence-corrected chi connectivity index (χ1v) is 6.48. The molecule has 7 heteroatoms. The van der Waals surface area contributed by atoms with E-state index in [4.69, 9.17) is 10.2 Å². The third kappa shape index (κ3) is 5.23. The van der Waals surface area contributed by atoms with Crippen LogP contribution in [0, 0.1) is 0 Å². The molecule has 0 bridgehead atoms. The molecule has 0 spiro atoms. The summed E-state index contributed by atoms with van der Waals surface area (Å²) in [6.07, 6.45) is 0.866. The first-order chi connectivity index (χ1) is 9.83. The topological polar surface area (TPSA) is 116 Å². The van der Waals surface area contributed by atoms with Crippen LogP contribution in [0.5, 0.6) is 0 Å².